The standard InChI is InChI=1S/C22H33ClO4/c1-3-4-5-6-7-8-11-16-26-21(24)12-9-10-13-22(25)27-20-17-18(2)14-15-19(20)23/h14-15,17H,3-13,16H2,1-2H3. The number of rotatable bonds is 14. The van der Waals surface area contributed by atoms with E-state index in [1.165, 1.54) is 32.1 Å². The maximum atomic E-state index is 11.9. The van der Waals surface area contributed by atoms with Gasteiger partial charge in [0.05, 0.1) is 11.6 Å². The zero-order valence-corrected chi connectivity index (χ0v) is 17.5. The van der Waals surface area contributed by atoms with Gasteiger partial charge < -0.3 is 9.47 Å². The predicted octanol–water partition coefficient (Wildman–Crippen LogP) is 6.41. The van der Waals surface area contributed by atoms with Gasteiger partial charge in [-0.25, -0.2) is 0 Å². The van der Waals surface area contributed by atoms with Crippen molar-refractivity contribution in [2.45, 2.75) is 84.5 Å². The quantitative estimate of drug-likeness (QED) is 0.207. The highest BCUT2D eigenvalue weighted by molar-refractivity contribution is 6.32. The Kier molecular flexibility index (Phi) is 12.6. The van der Waals surface area contributed by atoms with Crippen molar-refractivity contribution in [3.8, 4) is 5.75 Å². The van der Waals surface area contributed by atoms with Crippen LogP contribution in [0.25, 0.3) is 0 Å². The highest BCUT2D eigenvalue weighted by atomic mass is 35.5. The second-order valence-corrected chi connectivity index (χ2v) is 7.36. The summed E-state index contributed by atoms with van der Waals surface area (Å²) < 4.78 is 10.5. The number of carbonyl (C=O) groups excluding carboxylic acids is 2. The lowest BCUT2D eigenvalue weighted by Gasteiger charge is -2.07. The van der Waals surface area contributed by atoms with Gasteiger partial charge in [0, 0.05) is 12.8 Å². The van der Waals surface area contributed by atoms with Crippen LogP contribution in [0.3, 0.4) is 0 Å². The van der Waals surface area contributed by atoms with Gasteiger partial charge in [0.2, 0.25) is 0 Å². The van der Waals surface area contributed by atoms with Gasteiger partial charge in [0.25, 0.3) is 0 Å². The average Bonchev–Trinajstić information content (AvgIpc) is 2.64. The average molecular weight is 397 g/mol. The Labute approximate surface area is 168 Å². The molecule has 0 radical (unpaired) electrons. The molecule has 0 fully saturated rings. The van der Waals surface area contributed by atoms with E-state index in [0.29, 0.717) is 36.6 Å². The third-order valence-corrected chi connectivity index (χ3v) is 4.65. The van der Waals surface area contributed by atoms with Crippen LogP contribution in [0.4, 0.5) is 0 Å². The largest absolute Gasteiger partial charge is 0.466 e. The maximum absolute atomic E-state index is 11.9. The van der Waals surface area contributed by atoms with Gasteiger partial charge in [-0.2, -0.15) is 0 Å². The molecule has 0 saturated heterocycles. The first-order valence-electron chi connectivity index (χ1n) is 10.2. The molecule has 152 valence electrons. The molecule has 0 bridgehead atoms. The minimum atomic E-state index is -0.334. The van der Waals surface area contributed by atoms with Crippen molar-refractivity contribution < 1.29 is 19.1 Å². The minimum absolute atomic E-state index is 0.184. The molecule has 4 nitrogen and oxygen atoms in total. The Morgan fingerprint density at radius 1 is 0.889 bits per heavy atom. The summed E-state index contributed by atoms with van der Waals surface area (Å²) in [5, 5.41) is 0.419. The van der Waals surface area contributed by atoms with Crippen LogP contribution in [-0.4, -0.2) is 18.5 Å². The molecular formula is C22H33ClO4. The van der Waals surface area contributed by atoms with Crippen molar-refractivity contribution in [3.05, 3.63) is 28.8 Å². The predicted molar refractivity (Wildman–Crippen MR) is 109 cm³/mol. The lowest BCUT2D eigenvalue weighted by atomic mass is 10.1. The normalized spacial score (nSPS) is 10.6. The molecule has 0 unspecified atom stereocenters. The van der Waals surface area contributed by atoms with Crippen LogP contribution in [0.2, 0.25) is 5.02 Å². The molecule has 0 atom stereocenters. The molecule has 0 aliphatic carbocycles. The molecule has 1 aromatic carbocycles. The number of esters is 2. The van der Waals surface area contributed by atoms with Gasteiger partial charge in [-0.1, -0.05) is 63.1 Å². The lowest BCUT2D eigenvalue weighted by molar-refractivity contribution is -0.144. The summed E-state index contributed by atoms with van der Waals surface area (Å²) in [5.74, 6) is -0.134. The van der Waals surface area contributed by atoms with E-state index in [1.807, 2.05) is 13.0 Å². The van der Waals surface area contributed by atoms with Gasteiger partial charge in [-0.05, 0) is 43.9 Å². The molecule has 0 aliphatic rings. The van der Waals surface area contributed by atoms with Crippen molar-refractivity contribution in [1.82, 2.24) is 0 Å². The number of unbranched alkanes of at least 4 members (excludes halogenated alkanes) is 7. The number of aryl methyl sites for hydroxylation is 1. The summed E-state index contributed by atoms with van der Waals surface area (Å²) in [6.07, 6.45) is 10.2. The fraction of sp³-hybridized carbons (Fsp3) is 0.636. The number of carbonyl (C=O) groups is 2. The smallest absolute Gasteiger partial charge is 0.311 e. The minimum Gasteiger partial charge on any atom is -0.466 e. The Morgan fingerprint density at radius 3 is 2.22 bits per heavy atom. The molecule has 5 heteroatoms. The van der Waals surface area contributed by atoms with Gasteiger partial charge in [0.15, 0.2) is 0 Å². The summed E-state index contributed by atoms with van der Waals surface area (Å²) in [5.41, 5.74) is 0.978. The van der Waals surface area contributed by atoms with E-state index >= 15 is 0 Å². The Balaban J connectivity index is 2.02. The number of ether oxygens (including phenoxy) is 2. The summed E-state index contributed by atoms with van der Waals surface area (Å²) in [4.78, 5) is 23.5. The second kappa shape index (κ2) is 14.5. The number of halogens is 1. The van der Waals surface area contributed by atoms with Crippen molar-refractivity contribution in [2.75, 3.05) is 6.61 Å². The molecule has 27 heavy (non-hydrogen) atoms. The summed E-state index contributed by atoms with van der Waals surface area (Å²) in [6, 6.07) is 5.31. The highest BCUT2D eigenvalue weighted by Gasteiger charge is 2.09. The molecule has 0 spiro atoms. The Morgan fingerprint density at radius 2 is 1.52 bits per heavy atom. The maximum Gasteiger partial charge on any atom is 0.311 e. The third-order valence-electron chi connectivity index (χ3n) is 4.33. The molecule has 0 saturated carbocycles. The van der Waals surface area contributed by atoms with Crippen LogP contribution >= 0.6 is 11.6 Å². The van der Waals surface area contributed by atoms with Crippen molar-refractivity contribution in [1.29, 1.82) is 0 Å². The second-order valence-electron chi connectivity index (χ2n) is 6.96. The molecule has 1 aromatic rings. The summed E-state index contributed by atoms with van der Waals surface area (Å²) in [7, 11) is 0. The Hall–Kier alpha value is -1.55. The van der Waals surface area contributed by atoms with E-state index in [1.54, 1.807) is 12.1 Å². The zero-order chi connectivity index (χ0) is 19.9. The van der Waals surface area contributed by atoms with E-state index in [9.17, 15) is 9.59 Å². The first kappa shape index (κ1) is 23.5. The molecule has 0 aromatic heterocycles. The molecule has 0 aliphatic heterocycles. The van der Waals surface area contributed by atoms with Gasteiger partial charge >= 0.3 is 11.9 Å². The molecule has 1 rings (SSSR count). The summed E-state index contributed by atoms with van der Waals surface area (Å²) in [6.45, 7) is 4.62. The Bertz CT molecular complexity index is 571. The first-order chi connectivity index (χ1) is 13.0. The third kappa shape index (κ3) is 11.7. The van der Waals surface area contributed by atoms with Crippen LogP contribution < -0.4 is 4.74 Å². The van der Waals surface area contributed by atoms with Gasteiger partial charge in [-0.15, -0.1) is 0 Å². The van der Waals surface area contributed by atoms with Crippen LogP contribution in [0.1, 0.15) is 83.1 Å². The highest BCUT2D eigenvalue weighted by Crippen LogP contribution is 2.25. The molecule has 0 heterocycles. The van der Waals surface area contributed by atoms with Crippen LogP contribution in [0, 0.1) is 6.92 Å². The van der Waals surface area contributed by atoms with E-state index in [0.717, 1.165) is 18.4 Å². The zero-order valence-electron chi connectivity index (χ0n) is 16.7. The van der Waals surface area contributed by atoms with E-state index < -0.39 is 0 Å². The van der Waals surface area contributed by atoms with Gasteiger partial charge in [-0.3, -0.25) is 9.59 Å². The van der Waals surface area contributed by atoms with E-state index in [2.05, 4.69) is 6.92 Å². The van der Waals surface area contributed by atoms with E-state index in [4.69, 9.17) is 21.1 Å². The van der Waals surface area contributed by atoms with Crippen molar-refractivity contribution in [2.24, 2.45) is 0 Å². The SMILES string of the molecule is CCCCCCCCCOC(=O)CCCCC(=O)Oc1cc(C)ccc1Cl. The van der Waals surface area contributed by atoms with Crippen LogP contribution in [-0.2, 0) is 14.3 Å². The topological polar surface area (TPSA) is 52.6 Å². The van der Waals surface area contributed by atoms with Crippen LogP contribution in [0.5, 0.6) is 5.75 Å². The van der Waals surface area contributed by atoms with Gasteiger partial charge in [0.1, 0.15) is 5.75 Å². The lowest BCUT2D eigenvalue weighted by Crippen LogP contribution is -2.09. The monoisotopic (exact) mass is 396 g/mol. The van der Waals surface area contributed by atoms with Crippen LogP contribution in [0.15, 0.2) is 18.2 Å². The summed E-state index contributed by atoms with van der Waals surface area (Å²) >= 11 is 6.01. The molecular weight excluding hydrogens is 364 g/mol. The number of hydrogen-bond acceptors (Lipinski definition) is 4. The first-order valence-corrected chi connectivity index (χ1v) is 10.5. The number of hydrogen-bond donors (Lipinski definition) is 0. The fourth-order valence-corrected chi connectivity index (χ4v) is 2.87. The van der Waals surface area contributed by atoms with Crippen molar-refractivity contribution in [3.63, 3.8) is 0 Å². The van der Waals surface area contributed by atoms with E-state index in [-0.39, 0.29) is 18.4 Å². The molecule has 0 amide bonds. The van der Waals surface area contributed by atoms with Crippen molar-refractivity contribution >= 4 is 23.5 Å². The fourth-order valence-electron chi connectivity index (χ4n) is 2.72. The molecule has 0 N–H and O–H groups in total. The number of benzene rings is 1.